The third-order valence-corrected chi connectivity index (χ3v) is 2.76. The zero-order valence-corrected chi connectivity index (χ0v) is 10.0. The van der Waals surface area contributed by atoms with Gasteiger partial charge < -0.3 is 0 Å². The lowest BCUT2D eigenvalue weighted by molar-refractivity contribution is -0.383. The Hall–Kier alpha value is -2.81. The molecule has 94 valence electrons. The summed E-state index contributed by atoms with van der Waals surface area (Å²) in [5.41, 5.74) is 0.550. The van der Waals surface area contributed by atoms with Crippen LogP contribution in [-0.4, -0.2) is 4.92 Å². The second kappa shape index (κ2) is 4.82. The highest BCUT2D eigenvalue weighted by Gasteiger charge is 2.29. The molecule has 0 N–H and O–H groups in total. The largest absolute Gasteiger partial charge is 0.464 e. The Balaban J connectivity index is 2.72. The molecule has 19 heavy (non-hydrogen) atoms. The summed E-state index contributed by atoms with van der Waals surface area (Å²) in [5.74, 6) is -0.468. The van der Waals surface area contributed by atoms with Crippen LogP contribution in [0.5, 0.6) is 0 Å². The van der Waals surface area contributed by atoms with Crippen molar-refractivity contribution in [3.8, 4) is 11.1 Å². The highest BCUT2D eigenvalue weighted by atomic mass is 19.1. The number of nitro benzene ring substituents is 1. The third kappa shape index (κ3) is 2.26. The first-order valence-corrected chi connectivity index (χ1v) is 5.43. The van der Waals surface area contributed by atoms with E-state index in [0.717, 1.165) is 0 Å². The molecule has 2 aromatic rings. The van der Waals surface area contributed by atoms with Crippen LogP contribution in [0.15, 0.2) is 36.4 Å². The predicted octanol–water partition coefficient (Wildman–Crippen LogP) is 4.19. The summed E-state index contributed by atoms with van der Waals surface area (Å²) in [7, 11) is 0. The number of nitro groups is 1. The molecule has 0 radical (unpaired) electrons. The average molecular weight is 258 g/mol. The fraction of sp³-hybridized carbons (Fsp3) is 0.0769. The lowest BCUT2D eigenvalue weighted by Crippen LogP contribution is -1.92. The molecule has 0 amide bonds. The van der Waals surface area contributed by atoms with E-state index in [1.165, 1.54) is 24.3 Å². The van der Waals surface area contributed by atoms with Gasteiger partial charge in [0, 0.05) is 11.6 Å². The Labute approximate surface area is 108 Å². The van der Waals surface area contributed by atoms with E-state index in [1.54, 1.807) is 19.1 Å². The first kappa shape index (κ1) is 12.6. The molecule has 0 saturated carbocycles. The number of benzene rings is 2. The minimum atomic E-state index is -0.660. The summed E-state index contributed by atoms with van der Waals surface area (Å²) >= 11 is 0. The van der Waals surface area contributed by atoms with Crippen LogP contribution in [0.25, 0.3) is 16.1 Å². The van der Waals surface area contributed by atoms with Crippen LogP contribution in [0.1, 0.15) is 5.56 Å². The average Bonchev–Trinajstić information content (AvgIpc) is 2.38. The van der Waals surface area contributed by atoms with Gasteiger partial charge in [-0.25, -0.2) is 4.39 Å². The molecule has 0 spiro atoms. The SMILES string of the molecule is Cc1cc(-c2ccccc2F)cc([N+](=O)[O-])c1[N+]#N. The summed E-state index contributed by atoms with van der Waals surface area (Å²) < 4.78 is 13.7. The molecule has 0 atom stereocenters. The number of diazo groups is 1. The third-order valence-electron chi connectivity index (χ3n) is 2.76. The number of nitrogens with zero attached hydrogens (tertiary/aromatic N) is 3. The van der Waals surface area contributed by atoms with Crippen LogP contribution < -0.4 is 0 Å². The van der Waals surface area contributed by atoms with Crippen LogP contribution in [0.2, 0.25) is 0 Å². The quantitative estimate of drug-likeness (QED) is 0.460. The van der Waals surface area contributed by atoms with Crippen molar-refractivity contribution in [3.05, 3.63) is 62.9 Å². The van der Waals surface area contributed by atoms with Gasteiger partial charge in [0.1, 0.15) is 5.82 Å². The molecular formula is C13H9FN3O2+. The van der Waals surface area contributed by atoms with E-state index in [2.05, 4.69) is 4.98 Å². The molecule has 0 unspecified atom stereocenters. The van der Waals surface area contributed by atoms with E-state index in [1.807, 2.05) is 0 Å². The van der Waals surface area contributed by atoms with E-state index >= 15 is 0 Å². The van der Waals surface area contributed by atoms with E-state index in [9.17, 15) is 14.5 Å². The lowest BCUT2D eigenvalue weighted by Gasteiger charge is -2.03. The molecule has 0 saturated heterocycles. The Morgan fingerprint density at radius 1 is 1.32 bits per heavy atom. The van der Waals surface area contributed by atoms with Gasteiger partial charge in [-0.3, -0.25) is 10.1 Å². The van der Waals surface area contributed by atoms with Gasteiger partial charge in [-0.2, -0.15) is 0 Å². The van der Waals surface area contributed by atoms with Gasteiger partial charge in [0.15, 0.2) is 4.98 Å². The van der Waals surface area contributed by atoms with Gasteiger partial charge in [0.25, 0.3) is 0 Å². The Kier molecular flexibility index (Phi) is 3.21. The molecule has 6 heteroatoms. The lowest BCUT2D eigenvalue weighted by atomic mass is 10.0. The molecular weight excluding hydrogens is 249 g/mol. The first-order valence-electron chi connectivity index (χ1n) is 5.43. The Bertz CT molecular complexity index is 708. The van der Waals surface area contributed by atoms with Gasteiger partial charge in [-0.1, -0.05) is 18.2 Å². The van der Waals surface area contributed by atoms with Gasteiger partial charge in [-0.05, 0) is 24.6 Å². The van der Waals surface area contributed by atoms with Gasteiger partial charge in [0.2, 0.25) is 5.39 Å². The van der Waals surface area contributed by atoms with Crippen LogP contribution in [0.3, 0.4) is 0 Å². The molecule has 0 aliphatic rings. The molecule has 2 aromatic carbocycles. The van der Waals surface area contributed by atoms with E-state index in [4.69, 9.17) is 5.39 Å². The molecule has 0 bridgehead atoms. The van der Waals surface area contributed by atoms with Gasteiger partial charge >= 0.3 is 11.4 Å². The molecule has 5 nitrogen and oxygen atoms in total. The van der Waals surface area contributed by atoms with E-state index < -0.39 is 10.7 Å². The first-order chi connectivity index (χ1) is 9.04. The number of aryl methyl sites for hydroxylation is 1. The smallest absolute Gasteiger partial charge is 0.258 e. The van der Waals surface area contributed by atoms with Crippen LogP contribution >= 0.6 is 0 Å². The standard InChI is InChI=1S/C13H9FN3O2/c1-8-6-9(10-4-2-3-5-11(10)14)7-12(17(18)19)13(8)16-15/h2-7H,1H3/q+1. The highest BCUT2D eigenvalue weighted by Crippen LogP contribution is 2.36. The van der Waals surface area contributed by atoms with Crippen molar-refractivity contribution in [1.82, 2.24) is 0 Å². The second-order valence-corrected chi connectivity index (χ2v) is 4.00. The summed E-state index contributed by atoms with van der Waals surface area (Å²) in [6, 6.07) is 8.73. The molecule has 2 rings (SSSR count). The Morgan fingerprint density at radius 3 is 2.58 bits per heavy atom. The van der Waals surface area contributed by atoms with Gasteiger partial charge in [0.05, 0.1) is 10.5 Å². The van der Waals surface area contributed by atoms with Crippen molar-refractivity contribution in [2.75, 3.05) is 0 Å². The topological polar surface area (TPSA) is 71.3 Å². The number of halogens is 1. The monoisotopic (exact) mass is 258 g/mol. The van der Waals surface area contributed by atoms with Crippen molar-refractivity contribution >= 4 is 11.4 Å². The molecule has 0 aromatic heterocycles. The molecule has 0 heterocycles. The fourth-order valence-corrected chi connectivity index (χ4v) is 1.88. The number of hydrogen-bond acceptors (Lipinski definition) is 3. The fourth-order valence-electron chi connectivity index (χ4n) is 1.88. The normalized spacial score (nSPS) is 9.95. The number of hydrogen-bond donors (Lipinski definition) is 0. The number of rotatable bonds is 2. The van der Waals surface area contributed by atoms with Crippen LogP contribution in [-0.2, 0) is 0 Å². The maximum absolute atomic E-state index is 13.7. The summed E-state index contributed by atoms with van der Waals surface area (Å²) in [5, 5.41) is 19.8. The Morgan fingerprint density at radius 2 is 2.00 bits per heavy atom. The zero-order chi connectivity index (χ0) is 14.0. The maximum Gasteiger partial charge on any atom is 0.464 e. The van der Waals surface area contributed by atoms with E-state index in [0.29, 0.717) is 11.1 Å². The molecule has 0 aliphatic carbocycles. The van der Waals surface area contributed by atoms with E-state index in [-0.39, 0.29) is 16.9 Å². The van der Waals surface area contributed by atoms with Crippen molar-refractivity contribution in [2.45, 2.75) is 6.92 Å². The van der Waals surface area contributed by atoms with Crippen molar-refractivity contribution < 1.29 is 9.31 Å². The highest BCUT2D eigenvalue weighted by molar-refractivity contribution is 5.76. The van der Waals surface area contributed by atoms with Crippen molar-refractivity contribution in [1.29, 1.82) is 5.39 Å². The minimum Gasteiger partial charge on any atom is -0.258 e. The molecule has 0 fully saturated rings. The van der Waals surface area contributed by atoms with Crippen LogP contribution in [0, 0.1) is 28.2 Å². The van der Waals surface area contributed by atoms with Crippen LogP contribution in [0.4, 0.5) is 15.8 Å². The predicted molar refractivity (Wildman–Crippen MR) is 68.0 cm³/mol. The van der Waals surface area contributed by atoms with Gasteiger partial charge in [-0.15, -0.1) is 0 Å². The second-order valence-electron chi connectivity index (χ2n) is 4.00. The zero-order valence-electron chi connectivity index (χ0n) is 10.0. The maximum atomic E-state index is 13.7. The molecule has 0 aliphatic heterocycles. The van der Waals surface area contributed by atoms with Crippen molar-refractivity contribution in [2.24, 2.45) is 0 Å². The summed E-state index contributed by atoms with van der Waals surface area (Å²) in [6.07, 6.45) is 0. The summed E-state index contributed by atoms with van der Waals surface area (Å²) in [6.45, 7) is 1.56. The minimum absolute atomic E-state index is 0.120. The summed E-state index contributed by atoms with van der Waals surface area (Å²) in [4.78, 5) is 13.2. The van der Waals surface area contributed by atoms with Crippen molar-refractivity contribution in [3.63, 3.8) is 0 Å².